The van der Waals surface area contributed by atoms with Crippen LogP contribution in [-0.2, 0) is 16.3 Å². The number of rotatable bonds is 8. The molecule has 0 aliphatic rings. The molecule has 0 atom stereocenters. The van der Waals surface area contributed by atoms with E-state index in [1.165, 1.54) is 23.1 Å². The lowest BCUT2D eigenvalue weighted by Gasteiger charge is -2.10. The molecule has 0 spiro atoms. The van der Waals surface area contributed by atoms with Gasteiger partial charge in [-0.25, -0.2) is 36.5 Å². The summed E-state index contributed by atoms with van der Waals surface area (Å²) in [5, 5.41) is 0.569. The van der Waals surface area contributed by atoms with Gasteiger partial charge in [-0.3, -0.25) is 0 Å². The second kappa shape index (κ2) is 10.8. The summed E-state index contributed by atoms with van der Waals surface area (Å²) in [5.74, 6) is -3.36. The molecule has 0 fully saturated rings. The van der Waals surface area contributed by atoms with Gasteiger partial charge in [0.2, 0.25) is 0 Å². The third kappa shape index (κ3) is 5.60. The van der Waals surface area contributed by atoms with E-state index in [9.17, 15) is 17.2 Å². The van der Waals surface area contributed by atoms with E-state index in [1.807, 2.05) is 6.26 Å². The molecule has 2 aromatic heterocycles. The number of thiazole rings is 1. The lowest BCUT2D eigenvalue weighted by atomic mass is 10.0. The van der Waals surface area contributed by atoms with Gasteiger partial charge in [-0.15, -0.1) is 11.3 Å². The van der Waals surface area contributed by atoms with Gasteiger partial charge in [0.15, 0.2) is 18.9 Å². The van der Waals surface area contributed by atoms with Gasteiger partial charge < -0.3 is 0 Å². The van der Waals surface area contributed by atoms with Gasteiger partial charge in [-0.2, -0.15) is 0 Å². The second-order valence-corrected chi connectivity index (χ2v) is 12.4. The van der Waals surface area contributed by atoms with Crippen LogP contribution in [0, 0.1) is 17.5 Å². The Morgan fingerprint density at radius 1 is 1.03 bits per heavy atom. The van der Waals surface area contributed by atoms with Gasteiger partial charge in [-0.1, -0.05) is 30.0 Å². The molecule has 35 heavy (non-hydrogen) atoms. The summed E-state index contributed by atoms with van der Waals surface area (Å²) >= 11 is 6.05. The molecule has 0 N–H and O–H groups in total. The minimum absolute atomic E-state index is 0.0207. The van der Waals surface area contributed by atoms with E-state index in [0.29, 0.717) is 25.3 Å². The predicted octanol–water partition coefficient (Wildman–Crippen LogP) is 6.58. The maximum atomic E-state index is 15.5. The minimum Gasteiger partial charge on any atom is -0.231 e. The number of hydrogen-bond acceptors (Lipinski definition) is 7. The number of thioether (sulfide) groups is 1. The maximum absolute atomic E-state index is 15.5. The van der Waals surface area contributed by atoms with E-state index in [4.69, 9.17) is 0 Å². The summed E-state index contributed by atoms with van der Waals surface area (Å²) in [6.07, 6.45) is 3.51. The van der Waals surface area contributed by atoms with Crippen molar-refractivity contribution in [3.8, 4) is 21.8 Å². The van der Waals surface area contributed by atoms with Crippen LogP contribution in [0.1, 0.15) is 12.0 Å². The normalized spacial score (nSPS) is 11.7. The van der Waals surface area contributed by atoms with Crippen LogP contribution in [0.4, 0.5) is 13.2 Å². The maximum Gasteiger partial charge on any atom is 0.187 e. The quantitative estimate of drug-likeness (QED) is 0.168. The number of benzene rings is 2. The van der Waals surface area contributed by atoms with Gasteiger partial charge in [0.25, 0.3) is 0 Å². The van der Waals surface area contributed by atoms with Crippen LogP contribution in [0.15, 0.2) is 62.6 Å². The van der Waals surface area contributed by atoms with E-state index in [2.05, 4.69) is 30.9 Å². The molecule has 5 nitrogen and oxygen atoms in total. The summed E-state index contributed by atoms with van der Waals surface area (Å²) in [4.78, 5) is 12.8. The zero-order valence-corrected chi connectivity index (χ0v) is 22.2. The average molecular weight is 601 g/mol. The van der Waals surface area contributed by atoms with E-state index in [-0.39, 0.29) is 24.0 Å². The molecule has 2 aromatic carbocycles. The number of sulfone groups is 1. The van der Waals surface area contributed by atoms with Crippen LogP contribution in [0.3, 0.4) is 0 Å². The van der Waals surface area contributed by atoms with Crippen LogP contribution in [0.25, 0.3) is 21.8 Å². The standard InChI is InChI=1S/C23H17BrF3N3O2S3/c1-33-23-28-11-10-17(29-23)20-19(30-22(24)34-20)14-7-2-5-13(18(14)27)6-4-12-35(31,32)21-15(25)8-3-9-16(21)26/h2-3,5,7-11H,4,6,12H2,1H3. The lowest BCUT2D eigenvalue weighted by Crippen LogP contribution is -2.12. The van der Waals surface area contributed by atoms with Crippen molar-refractivity contribution >= 4 is 48.9 Å². The highest BCUT2D eigenvalue weighted by molar-refractivity contribution is 9.11. The molecule has 0 amide bonds. The zero-order chi connectivity index (χ0) is 25.2. The SMILES string of the molecule is CSc1nccc(-c2sc(Br)nc2-c2cccc(CCCS(=O)(=O)c3c(F)cccc3F)c2F)n1. The fourth-order valence-corrected chi connectivity index (χ4v) is 6.76. The third-order valence-electron chi connectivity index (χ3n) is 5.07. The monoisotopic (exact) mass is 599 g/mol. The molecule has 0 aliphatic heterocycles. The first-order valence-electron chi connectivity index (χ1n) is 10.2. The number of aromatic nitrogens is 3. The van der Waals surface area contributed by atoms with Gasteiger partial charge in [0, 0.05) is 11.8 Å². The molecular weight excluding hydrogens is 583 g/mol. The van der Waals surface area contributed by atoms with Crippen LogP contribution < -0.4 is 0 Å². The summed E-state index contributed by atoms with van der Waals surface area (Å²) < 4.78 is 68.9. The van der Waals surface area contributed by atoms with Crippen LogP contribution in [0.2, 0.25) is 0 Å². The second-order valence-electron chi connectivity index (χ2n) is 7.33. The van der Waals surface area contributed by atoms with E-state index >= 15 is 4.39 Å². The fraction of sp³-hybridized carbons (Fsp3) is 0.174. The molecule has 0 bridgehead atoms. The Morgan fingerprint density at radius 2 is 1.74 bits per heavy atom. The number of nitrogens with zero attached hydrogens (tertiary/aromatic N) is 3. The largest absolute Gasteiger partial charge is 0.231 e. The Labute approximate surface area is 216 Å². The summed E-state index contributed by atoms with van der Waals surface area (Å²) in [6.45, 7) is 0. The molecule has 0 saturated carbocycles. The van der Waals surface area contributed by atoms with Crippen molar-refractivity contribution in [3.63, 3.8) is 0 Å². The molecule has 182 valence electrons. The average Bonchev–Trinajstić information content (AvgIpc) is 3.21. The van der Waals surface area contributed by atoms with Crippen LogP contribution in [0.5, 0.6) is 0 Å². The van der Waals surface area contributed by atoms with Gasteiger partial charge in [0.05, 0.1) is 22.0 Å². The first-order valence-corrected chi connectivity index (χ1v) is 14.7. The first-order chi connectivity index (χ1) is 16.7. The van der Waals surface area contributed by atoms with Gasteiger partial charge >= 0.3 is 0 Å². The predicted molar refractivity (Wildman–Crippen MR) is 135 cm³/mol. The molecule has 0 saturated heterocycles. The lowest BCUT2D eigenvalue weighted by molar-refractivity contribution is 0.518. The highest BCUT2D eigenvalue weighted by atomic mass is 79.9. The Bertz CT molecular complexity index is 1480. The van der Waals surface area contributed by atoms with Crippen molar-refractivity contribution in [2.75, 3.05) is 12.0 Å². The first kappa shape index (κ1) is 25.8. The van der Waals surface area contributed by atoms with Crippen molar-refractivity contribution < 1.29 is 21.6 Å². The van der Waals surface area contributed by atoms with Gasteiger partial charge in [0.1, 0.15) is 22.3 Å². The Balaban J connectivity index is 1.60. The van der Waals surface area contributed by atoms with Crippen molar-refractivity contribution in [2.24, 2.45) is 0 Å². The number of halogens is 4. The fourth-order valence-electron chi connectivity index (χ4n) is 3.51. The summed E-state index contributed by atoms with van der Waals surface area (Å²) in [5.41, 5.74) is 1.51. The highest BCUT2D eigenvalue weighted by Gasteiger charge is 2.24. The molecular formula is C23H17BrF3N3O2S3. The van der Waals surface area contributed by atoms with Gasteiger partial charge in [-0.05, 0) is 64.9 Å². The highest BCUT2D eigenvalue weighted by Crippen LogP contribution is 2.39. The summed E-state index contributed by atoms with van der Waals surface area (Å²) in [7, 11) is -4.22. The van der Waals surface area contributed by atoms with Crippen molar-refractivity contribution in [1.82, 2.24) is 15.0 Å². The molecule has 0 aliphatic carbocycles. The van der Waals surface area contributed by atoms with Crippen molar-refractivity contribution in [3.05, 3.63) is 75.6 Å². The molecule has 0 radical (unpaired) electrons. The Hall–Kier alpha value is -2.28. The van der Waals surface area contributed by atoms with Crippen LogP contribution in [-0.4, -0.2) is 35.4 Å². The zero-order valence-electron chi connectivity index (χ0n) is 18.1. The van der Waals surface area contributed by atoms with E-state index in [1.54, 1.807) is 30.5 Å². The minimum atomic E-state index is -4.22. The topological polar surface area (TPSA) is 72.8 Å². The Morgan fingerprint density at radius 3 is 2.46 bits per heavy atom. The van der Waals surface area contributed by atoms with E-state index < -0.39 is 37.9 Å². The van der Waals surface area contributed by atoms with Crippen LogP contribution >= 0.6 is 39.0 Å². The molecule has 2 heterocycles. The molecule has 4 aromatic rings. The number of hydrogen-bond donors (Lipinski definition) is 0. The van der Waals surface area contributed by atoms with Crippen molar-refractivity contribution in [2.45, 2.75) is 22.9 Å². The van der Waals surface area contributed by atoms with E-state index in [0.717, 1.165) is 18.2 Å². The molecule has 0 unspecified atom stereocenters. The molecule has 12 heteroatoms. The Kier molecular flexibility index (Phi) is 7.94. The number of aryl methyl sites for hydroxylation is 1. The molecule has 4 rings (SSSR count). The summed E-state index contributed by atoms with van der Waals surface area (Å²) in [6, 6.07) is 9.39. The smallest absolute Gasteiger partial charge is 0.187 e. The third-order valence-corrected chi connectivity index (χ3v) is 9.00. The van der Waals surface area contributed by atoms with Crippen molar-refractivity contribution in [1.29, 1.82) is 0 Å².